The minimum absolute atomic E-state index is 0.245. The van der Waals surface area contributed by atoms with Crippen molar-refractivity contribution in [1.82, 2.24) is 14.5 Å². The number of carbonyl (C=O) groups excluding carboxylic acids is 1. The van der Waals surface area contributed by atoms with E-state index in [0.29, 0.717) is 17.8 Å². The van der Waals surface area contributed by atoms with E-state index >= 15 is 0 Å². The van der Waals surface area contributed by atoms with E-state index in [-0.39, 0.29) is 11.6 Å². The van der Waals surface area contributed by atoms with Gasteiger partial charge in [0.1, 0.15) is 0 Å². The summed E-state index contributed by atoms with van der Waals surface area (Å²) in [6.45, 7) is 1.94. The van der Waals surface area contributed by atoms with Gasteiger partial charge in [-0.05, 0) is 36.8 Å². The van der Waals surface area contributed by atoms with Gasteiger partial charge in [0.05, 0.1) is 11.7 Å². The van der Waals surface area contributed by atoms with Crippen LogP contribution in [0.3, 0.4) is 0 Å². The molecule has 0 saturated heterocycles. The van der Waals surface area contributed by atoms with Crippen LogP contribution in [0, 0.1) is 6.92 Å². The maximum absolute atomic E-state index is 12.4. The van der Waals surface area contributed by atoms with E-state index in [1.807, 2.05) is 19.1 Å². The molecule has 0 bridgehead atoms. The topological polar surface area (TPSA) is 106 Å². The first-order chi connectivity index (χ1) is 12.0. The second-order valence-electron chi connectivity index (χ2n) is 5.75. The molecule has 1 atom stereocenters. The highest BCUT2D eigenvalue weighted by Gasteiger charge is 2.16. The molecule has 3 rings (SSSR count). The largest absolute Gasteiger partial charge is 0.330 e. The number of aromatic nitrogens is 3. The molecule has 7 nitrogen and oxygen atoms in total. The fourth-order valence-electron chi connectivity index (χ4n) is 2.53. The molecule has 1 amide bonds. The smallest absolute Gasteiger partial charge is 0.325 e. The van der Waals surface area contributed by atoms with Crippen molar-refractivity contribution >= 4 is 11.6 Å². The van der Waals surface area contributed by atoms with Crippen molar-refractivity contribution in [3.63, 3.8) is 0 Å². The first-order valence-corrected chi connectivity index (χ1v) is 7.88. The highest BCUT2D eigenvalue weighted by Crippen LogP contribution is 2.14. The molecule has 0 fully saturated rings. The SMILES string of the molecule is Cc1cccnc1CC(N)C(=O)Nc1cccc(-n2cc[nH]c2=O)c1. The number of aryl methyl sites for hydroxylation is 1. The fourth-order valence-corrected chi connectivity index (χ4v) is 2.53. The third-order valence-corrected chi connectivity index (χ3v) is 3.91. The third kappa shape index (κ3) is 3.84. The Morgan fingerprint density at radius 3 is 2.92 bits per heavy atom. The summed E-state index contributed by atoms with van der Waals surface area (Å²) in [5.74, 6) is -0.302. The van der Waals surface area contributed by atoms with Gasteiger partial charge in [0.15, 0.2) is 0 Å². The van der Waals surface area contributed by atoms with Crippen molar-refractivity contribution in [1.29, 1.82) is 0 Å². The average Bonchev–Trinajstić information content (AvgIpc) is 3.03. The lowest BCUT2D eigenvalue weighted by Crippen LogP contribution is -2.37. The van der Waals surface area contributed by atoms with E-state index < -0.39 is 6.04 Å². The number of benzene rings is 1. The van der Waals surface area contributed by atoms with E-state index in [9.17, 15) is 9.59 Å². The summed E-state index contributed by atoms with van der Waals surface area (Å²) >= 11 is 0. The van der Waals surface area contributed by atoms with Crippen LogP contribution in [0.5, 0.6) is 0 Å². The van der Waals surface area contributed by atoms with Crippen LogP contribution in [-0.2, 0) is 11.2 Å². The van der Waals surface area contributed by atoms with Crippen LogP contribution in [0.4, 0.5) is 5.69 Å². The van der Waals surface area contributed by atoms with Gasteiger partial charge in [0.2, 0.25) is 5.91 Å². The molecule has 1 aromatic carbocycles. The minimum atomic E-state index is -0.716. The van der Waals surface area contributed by atoms with Crippen LogP contribution < -0.4 is 16.7 Å². The second kappa shape index (κ2) is 7.14. The number of carbonyl (C=O) groups is 1. The van der Waals surface area contributed by atoms with Crippen LogP contribution in [-0.4, -0.2) is 26.5 Å². The zero-order valence-electron chi connectivity index (χ0n) is 13.8. The van der Waals surface area contributed by atoms with E-state index in [0.717, 1.165) is 11.3 Å². The van der Waals surface area contributed by atoms with Gasteiger partial charge < -0.3 is 16.0 Å². The number of H-pyrrole nitrogens is 1. The number of nitrogens with one attached hydrogen (secondary N) is 2. The van der Waals surface area contributed by atoms with Crippen LogP contribution in [0.25, 0.3) is 5.69 Å². The molecule has 0 saturated carbocycles. The van der Waals surface area contributed by atoms with Crippen LogP contribution in [0.1, 0.15) is 11.3 Å². The van der Waals surface area contributed by atoms with Gasteiger partial charge in [-0.3, -0.25) is 14.3 Å². The lowest BCUT2D eigenvalue weighted by Gasteiger charge is -2.13. The fraction of sp³-hybridized carbons (Fsp3) is 0.167. The van der Waals surface area contributed by atoms with Gasteiger partial charge in [-0.15, -0.1) is 0 Å². The Morgan fingerprint density at radius 2 is 2.20 bits per heavy atom. The highest BCUT2D eigenvalue weighted by atomic mass is 16.2. The number of nitrogens with zero attached hydrogens (tertiary/aromatic N) is 2. The molecule has 4 N–H and O–H groups in total. The minimum Gasteiger partial charge on any atom is -0.325 e. The van der Waals surface area contributed by atoms with E-state index in [1.165, 1.54) is 4.57 Å². The molecule has 25 heavy (non-hydrogen) atoms. The number of hydrogen-bond acceptors (Lipinski definition) is 4. The molecule has 0 spiro atoms. The van der Waals surface area contributed by atoms with Gasteiger partial charge in [-0.1, -0.05) is 12.1 Å². The molecule has 0 aliphatic carbocycles. The first kappa shape index (κ1) is 16.7. The van der Waals surface area contributed by atoms with Crippen molar-refractivity contribution in [3.8, 4) is 5.69 Å². The van der Waals surface area contributed by atoms with E-state index in [1.54, 1.807) is 42.9 Å². The summed E-state index contributed by atoms with van der Waals surface area (Å²) in [5, 5.41) is 2.79. The lowest BCUT2D eigenvalue weighted by molar-refractivity contribution is -0.117. The quantitative estimate of drug-likeness (QED) is 0.654. The van der Waals surface area contributed by atoms with Crippen molar-refractivity contribution in [2.75, 3.05) is 5.32 Å². The summed E-state index contributed by atoms with van der Waals surface area (Å²) in [4.78, 5) is 30.9. The Labute approximate surface area is 144 Å². The summed E-state index contributed by atoms with van der Waals surface area (Å²) in [5.41, 5.74) is 8.79. The molecule has 2 aromatic heterocycles. The third-order valence-electron chi connectivity index (χ3n) is 3.91. The number of hydrogen-bond donors (Lipinski definition) is 3. The van der Waals surface area contributed by atoms with Crippen LogP contribution in [0.2, 0.25) is 0 Å². The molecule has 2 heterocycles. The Bertz CT molecular complexity index is 944. The van der Waals surface area contributed by atoms with Crippen molar-refractivity contribution in [2.45, 2.75) is 19.4 Å². The molecule has 0 aliphatic heterocycles. The normalized spacial score (nSPS) is 11.9. The zero-order chi connectivity index (χ0) is 17.8. The Kier molecular flexibility index (Phi) is 4.76. The van der Waals surface area contributed by atoms with E-state index in [2.05, 4.69) is 15.3 Å². The number of imidazole rings is 1. The molecule has 0 radical (unpaired) electrons. The van der Waals surface area contributed by atoms with Crippen LogP contribution >= 0.6 is 0 Å². The number of aromatic amines is 1. The number of amides is 1. The molecule has 128 valence electrons. The van der Waals surface area contributed by atoms with Gasteiger partial charge in [-0.2, -0.15) is 0 Å². The Morgan fingerprint density at radius 1 is 1.36 bits per heavy atom. The number of rotatable bonds is 5. The first-order valence-electron chi connectivity index (χ1n) is 7.88. The summed E-state index contributed by atoms with van der Waals surface area (Å²) < 4.78 is 1.45. The summed E-state index contributed by atoms with van der Waals surface area (Å²) in [6, 6.07) is 10.1. The average molecular weight is 337 g/mol. The molecule has 1 unspecified atom stereocenters. The van der Waals surface area contributed by atoms with Gasteiger partial charge in [0.25, 0.3) is 0 Å². The second-order valence-corrected chi connectivity index (χ2v) is 5.75. The lowest BCUT2D eigenvalue weighted by atomic mass is 10.1. The maximum atomic E-state index is 12.4. The number of nitrogens with two attached hydrogens (primary N) is 1. The van der Waals surface area contributed by atoms with Crippen molar-refractivity contribution < 1.29 is 4.79 Å². The van der Waals surface area contributed by atoms with E-state index in [4.69, 9.17) is 5.73 Å². The molecule has 3 aromatic rings. The van der Waals surface area contributed by atoms with Crippen molar-refractivity contribution in [3.05, 3.63) is 76.7 Å². The predicted octanol–water partition coefficient (Wildman–Crippen LogP) is 1.38. The molecule has 0 aliphatic rings. The standard InChI is InChI=1S/C18H19N5O2/c1-12-4-3-7-20-16(12)11-15(19)17(24)22-13-5-2-6-14(10-13)23-9-8-21-18(23)25/h2-10,15H,11,19H2,1H3,(H,21,25)(H,22,24). The Balaban J connectivity index is 1.72. The van der Waals surface area contributed by atoms with Crippen molar-refractivity contribution in [2.24, 2.45) is 5.73 Å². The number of anilines is 1. The molecule has 7 heteroatoms. The van der Waals surface area contributed by atoms with Gasteiger partial charge >= 0.3 is 5.69 Å². The predicted molar refractivity (Wildman–Crippen MR) is 95.7 cm³/mol. The van der Waals surface area contributed by atoms with Gasteiger partial charge in [0, 0.05) is 36.4 Å². The monoisotopic (exact) mass is 337 g/mol. The van der Waals surface area contributed by atoms with Crippen LogP contribution in [0.15, 0.2) is 59.8 Å². The zero-order valence-corrected chi connectivity index (χ0v) is 13.8. The molecular formula is C18H19N5O2. The summed E-state index contributed by atoms with van der Waals surface area (Å²) in [7, 11) is 0. The van der Waals surface area contributed by atoms with Gasteiger partial charge in [-0.25, -0.2) is 4.79 Å². The number of pyridine rings is 1. The Hall–Kier alpha value is -3.19. The summed E-state index contributed by atoms with van der Waals surface area (Å²) in [6.07, 6.45) is 5.22. The highest BCUT2D eigenvalue weighted by molar-refractivity contribution is 5.95. The molecular weight excluding hydrogens is 318 g/mol. The maximum Gasteiger partial charge on any atom is 0.330 e.